The third-order valence-electron chi connectivity index (χ3n) is 4.10. The molecule has 0 aliphatic heterocycles. The van der Waals surface area contributed by atoms with E-state index in [4.69, 9.17) is 0 Å². The Morgan fingerprint density at radius 1 is 1.08 bits per heavy atom. The van der Waals surface area contributed by atoms with Crippen LogP contribution in [0.2, 0.25) is 0 Å². The summed E-state index contributed by atoms with van der Waals surface area (Å²) in [6.45, 7) is 4.23. The number of hydrogen-bond acceptors (Lipinski definition) is 2. The van der Waals surface area contributed by atoms with E-state index in [2.05, 4.69) is 24.1 Å². The van der Waals surface area contributed by atoms with Gasteiger partial charge >= 0.3 is 0 Å². The van der Waals surface area contributed by atoms with Gasteiger partial charge in [0.1, 0.15) is 0 Å². The Balaban J connectivity index is 1.83. The Bertz CT molecular complexity index is 850. The summed E-state index contributed by atoms with van der Waals surface area (Å²) in [7, 11) is 1.90. The molecule has 4 nitrogen and oxygen atoms in total. The first-order chi connectivity index (χ1) is 11.6. The molecule has 0 aliphatic rings. The van der Waals surface area contributed by atoms with E-state index in [0.29, 0.717) is 17.4 Å². The van der Waals surface area contributed by atoms with Crippen LogP contribution in [0.25, 0.3) is 11.3 Å². The molecule has 1 N–H and O–H groups in total. The summed E-state index contributed by atoms with van der Waals surface area (Å²) in [4.78, 5) is 16.9. The van der Waals surface area contributed by atoms with Gasteiger partial charge in [-0.25, -0.2) is 4.98 Å². The lowest BCUT2D eigenvalue weighted by Crippen LogP contribution is -2.15. The van der Waals surface area contributed by atoms with Crippen molar-refractivity contribution in [2.45, 2.75) is 19.8 Å². The molecule has 1 amide bonds. The molecule has 4 heteroatoms. The van der Waals surface area contributed by atoms with E-state index in [-0.39, 0.29) is 5.91 Å². The van der Waals surface area contributed by atoms with Crippen molar-refractivity contribution in [2.24, 2.45) is 7.05 Å². The Labute approximate surface area is 142 Å². The summed E-state index contributed by atoms with van der Waals surface area (Å²) < 4.78 is 1.89. The summed E-state index contributed by atoms with van der Waals surface area (Å²) in [5, 5.41) is 2.90. The van der Waals surface area contributed by atoms with Gasteiger partial charge in [-0.1, -0.05) is 56.3 Å². The van der Waals surface area contributed by atoms with Crippen molar-refractivity contribution in [3.05, 3.63) is 71.9 Å². The molecular formula is C20H21N3O. The average Bonchev–Trinajstić information content (AvgIpc) is 2.96. The molecule has 2 aromatic carbocycles. The largest absolute Gasteiger partial charge is 0.313 e. The van der Waals surface area contributed by atoms with Gasteiger partial charge in [0.2, 0.25) is 5.95 Å². The molecule has 3 rings (SSSR count). The summed E-state index contributed by atoms with van der Waals surface area (Å²) in [5.41, 5.74) is 3.81. The molecule has 0 saturated carbocycles. The van der Waals surface area contributed by atoms with Crippen LogP contribution in [0.1, 0.15) is 35.7 Å². The Hall–Kier alpha value is -2.88. The van der Waals surface area contributed by atoms with Gasteiger partial charge in [-0.3, -0.25) is 10.1 Å². The van der Waals surface area contributed by atoms with Crippen molar-refractivity contribution in [1.29, 1.82) is 0 Å². The second kappa shape index (κ2) is 6.71. The smallest absolute Gasteiger partial charge is 0.257 e. The molecule has 1 aromatic heterocycles. The highest BCUT2D eigenvalue weighted by atomic mass is 16.1. The maximum atomic E-state index is 12.5. The van der Waals surface area contributed by atoms with Crippen molar-refractivity contribution in [3.63, 3.8) is 0 Å². The van der Waals surface area contributed by atoms with Crippen molar-refractivity contribution in [2.75, 3.05) is 5.32 Å². The monoisotopic (exact) mass is 319 g/mol. The average molecular weight is 319 g/mol. The van der Waals surface area contributed by atoms with Crippen molar-refractivity contribution >= 4 is 11.9 Å². The molecule has 122 valence electrons. The lowest BCUT2D eigenvalue weighted by Gasteiger charge is -2.10. The third kappa shape index (κ3) is 3.23. The lowest BCUT2D eigenvalue weighted by atomic mass is 10.0. The second-order valence-corrected chi connectivity index (χ2v) is 6.13. The number of nitrogens with one attached hydrogen (secondary N) is 1. The van der Waals surface area contributed by atoms with E-state index in [1.165, 1.54) is 0 Å². The molecule has 0 unspecified atom stereocenters. The number of rotatable bonds is 4. The van der Waals surface area contributed by atoms with E-state index in [9.17, 15) is 4.79 Å². The van der Waals surface area contributed by atoms with Crippen LogP contribution in [-0.2, 0) is 7.05 Å². The Kier molecular flexibility index (Phi) is 4.47. The van der Waals surface area contributed by atoms with Gasteiger partial charge in [0.05, 0.1) is 11.9 Å². The highest BCUT2D eigenvalue weighted by Crippen LogP contribution is 2.22. The van der Waals surface area contributed by atoms with Gasteiger partial charge in [0.25, 0.3) is 5.91 Å². The summed E-state index contributed by atoms with van der Waals surface area (Å²) in [6.07, 6.45) is 1.77. The van der Waals surface area contributed by atoms with Crippen LogP contribution in [0.4, 0.5) is 5.95 Å². The van der Waals surface area contributed by atoms with Gasteiger partial charge in [-0.05, 0) is 29.2 Å². The normalized spacial score (nSPS) is 10.8. The number of benzene rings is 2. The minimum absolute atomic E-state index is 0.147. The van der Waals surface area contributed by atoms with Crippen LogP contribution in [0.5, 0.6) is 0 Å². The van der Waals surface area contributed by atoms with Crippen LogP contribution in [0, 0.1) is 0 Å². The number of aromatic nitrogens is 2. The molecule has 3 aromatic rings. The molecular weight excluding hydrogens is 298 g/mol. The molecule has 0 aliphatic carbocycles. The topological polar surface area (TPSA) is 46.9 Å². The fourth-order valence-electron chi connectivity index (χ4n) is 2.62. The van der Waals surface area contributed by atoms with E-state index in [0.717, 1.165) is 16.8 Å². The van der Waals surface area contributed by atoms with Crippen molar-refractivity contribution in [1.82, 2.24) is 9.55 Å². The zero-order chi connectivity index (χ0) is 17.1. The molecule has 0 atom stereocenters. The zero-order valence-corrected chi connectivity index (χ0v) is 14.2. The van der Waals surface area contributed by atoms with Crippen molar-refractivity contribution < 1.29 is 4.79 Å². The van der Waals surface area contributed by atoms with Crippen LogP contribution in [0.3, 0.4) is 0 Å². The predicted molar refractivity (Wildman–Crippen MR) is 97.1 cm³/mol. The number of amides is 1. The van der Waals surface area contributed by atoms with Crippen LogP contribution in [0.15, 0.2) is 60.8 Å². The van der Waals surface area contributed by atoms with E-state index in [1.54, 1.807) is 6.20 Å². The third-order valence-corrected chi connectivity index (χ3v) is 4.10. The lowest BCUT2D eigenvalue weighted by molar-refractivity contribution is 0.102. The first-order valence-corrected chi connectivity index (χ1v) is 8.04. The highest BCUT2D eigenvalue weighted by Gasteiger charge is 2.13. The van der Waals surface area contributed by atoms with Gasteiger partial charge in [-0.2, -0.15) is 0 Å². The van der Waals surface area contributed by atoms with Gasteiger partial charge < -0.3 is 4.57 Å². The molecule has 0 spiro atoms. The maximum absolute atomic E-state index is 12.5. The zero-order valence-electron chi connectivity index (χ0n) is 14.2. The van der Waals surface area contributed by atoms with Gasteiger partial charge in [-0.15, -0.1) is 0 Å². The number of hydrogen-bond donors (Lipinski definition) is 1. The molecule has 0 radical (unpaired) electrons. The van der Waals surface area contributed by atoms with E-state index < -0.39 is 0 Å². The summed E-state index contributed by atoms with van der Waals surface area (Å²) in [5.74, 6) is 0.773. The van der Waals surface area contributed by atoms with Crippen LogP contribution in [-0.4, -0.2) is 15.5 Å². The van der Waals surface area contributed by atoms with Gasteiger partial charge in [0, 0.05) is 12.6 Å². The quantitative estimate of drug-likeness (QED) is 0.771. The first-order valence-electron chi connectivity index (χ1n) is 8.04. The van der Waals surface area contributed by atoms with Crippen LogP contribution < -0.4 is 5.32 Å². The van der Waals surface area contributed by atoms with Crippen LogP contribution >= 0.6 is 0 Å². The fraction of sp³-hybridized carbons (Fsp3) is 0.200. The SMILES string of the molecule is CC(C)c1cccc(C(=O)Nc2ncc(-c3ccccc3)n2C)c1. The number of carbonyl (C=O) groups is 1. The maximum Gasteiger partial charge on any atom is 0.257 e. The minimum Gasteiger partial charge on any atom is -0.313 e. The highest BCUT2D eigenvalue weighted by molar-refractivity contribution is 6.03. The Morgan fingerprint density at radius 2 is 1.83 bits per heavy atom. The summed E-state index contributed by atoms with van der Waals surface area (Å²) in [6, 6.07) is 17.7. The molecule has 24 heavy (non-hydrogen) atoms. The first kappa shape index (κ1) is 16.0. The molecule has 0 saturated heterocycles. The number of nitrogens with zero attached hydrogens (tertiary/aromatic N) is 2. The second-order valence-electron chi connectivity index (χ2n) is 6.13. The standard InChI is InChI=1S/C20H21N3O/c1-14(2)16-10-7-11-17(12-16)19(24)22-20-21-13-18(23(20)3)15-8-5-4-6-9-15/h4-14H,1-3H3,(H,21,22,24). The predicted octanol–water partition coefficient (Wildman–Crippen LogP) is 4.46. The molecule has 1 heterocycles. The number of carbonyl (C=O) groups excluding carboxylic acids is 1. The van der Waals surface area contributed by atoms with Crippen molar-refractivity contribution in [3.8, 4) is 11.3 Å². The fourth-order valence-corrected chi connectivity index (χ4v) is 2.62. The number of anilines is 1. The minimum atomic E-state index is -0.147. The Morgan fingerprint density at radius 3 is 2.54 bits per heavy atom. The molecule has 0 fully saturated rings. The molecule has 0 bridgehead atoms. The van der Waals surface area contributed by atoms with E-state index in [1.807, 2.05) is 66.2 Å². The number of imidazole rings is 1. The summed E-state index contributed by atoms with van der Waals surface area (Å²) >= 11 is 0. The van der Waals surface area contributed by atoms with E-state index >= 15 is 0 Å². The van der Waals surface area contributed by atoms with Gasteiger partial charge in [0.15, 0.2) is 0 Å².